The minimum Gasteiger partial charge on any atom is -0.359 e. The molecule has 9 nitrogen and oxygen atoms in total. The topological polar surface area (TPSA) is 136 Å². The van der Waals surface area contributed by atoms with Crippen molar-refractivity contribution in [2.75, 3.05) is 5.01 Å². The average molecular weight is 375 g/mol. The molecule has 0 saturated heterocycles. The highest BCUT2D eigenvalue weighted by Gasteiger charge is 2.61. The molecule has 0 aliphatic carbocycles. The number of benzene rings is 2. The number of amides is 2. The molecule has 2 aromatic rings. The smallest absolute Gasteiger partial charge is 0.333 e. The van der Waals surface area contributed by atoms with Gasteiger partial charge in [-0.2, -0.15) is 13.4 Å². The molecule has 0 bridgehead atoms. The lowest BCUT2D eigenvalue weighted by Crippen LogP contribution is -2.57. The van der Waals surface area contributed by atoms with Gasteiger partial charge < -0.3 is 10.4 Å². The molecule has 134 valence electrons. The van der Waals surface area contributed by atoms with Crippen LogP contribution in [0.1, 0.15) is 10.4 Å². The van der Waals surface area contributed by atoms with Gasteiger partial charge in [0.2, 0.25) is 0 Å². The van der Waals surface area contributed by atoms with E-state index in [1.807, 2.05) is 0 Å². The quantitative estimate of drug-likeness (QED) is 0.662. The van der Waals surface area contributed by atoms with E-state index in [4.69, 9.17) is 0 Å². The maximum absolute atomic E-state index is 12.5. The number of carbonyl (C=O) groups excluding carboxylic acids is 2. The van der Waals surface area contributed by atoms with Gasteiger partial charge in [-0.3, -0.25) is 14.1 Å². The number of carbonyl (C=O) groups is 2. The minimum absolute atomic E-state index is 0.137. The van der Waals surface area contributed by atoms with E-state index in [1.165, 1.54) is 24.3 Å². The lowest BCUT2D eigenvalue weighted by molar-refractivity contribution is -0.125. The van der Waals surface area contributed by atoms with Gasteiger partial charge in [0.1, 0.15) is 0 Å². The van der Waals surface area contributed by atoms with Crippen LogP contribution >= 0.6 is 0 Å². The Morgan fingerprint density at radius 1 is 1.04 bits per heavy atom. The molecule has 1 atom stereocenters. The van der Waals surface area contributed by atoms with E-state index in [0.717, 1.165) is 0 Å². The van der Waals surface area contributed by atoms with Gasteiger partial charge in [0, 0.05) is 5.56 Å². The number of anilines is 1. The van der Waals surface area contributed by atoms with Gasteiger partial charge in [-0.05, 0) is 24.3 Å². The maximum Gasteiger partial charge on any atom is 0.333 e. The van der Waals surface area contributed by atoms with E-state index in [2.05, 4.69) is 10.4 Å². The van der Waals surface area contributed by atoms with Gasteiger partial charge in [-0.15, -0.1) is 5.10 Å². The van der Waals surface area contributed by atoms with Crippen molar-refractivity contribution < 1.29 is 27.7 Å². The number of para-hydroxylation sites is 1. The standard InChI is InChI=1S/C16H13N3O6S/c20-13(11-7-3-1-4-8-11)17-14-16(22,26(23,24)25)15(21)19(18-14)12-9-5-2-6-10-12/h1-10,22H,(H,17,18,20)(H,23,24,25)/t16-/m0/s1. The predicted octanol–water partition coefficient (Wildman–Crippen LogP) is 0.353. The molecule has 26 heavy (non-hydrogen) atoms. The first-order chi connectivity index (χ1) is 12.2. The van der Waals surface area contributed by atoms with Crippen LogP contribution in [0.5, 0.6) is 0 Å². The van der Waals surface area contributed by atoms with Crippen LogP contribution in [-0.2, 0) is 14.9 Å². The Balaban J connectivity index is 2.04. The molecule has 0 fully saturated rings. The molecule has 10 heteroatoms. The van der Waals surface area contributed by atoms with E-state index >= 15 is 0 Å². The van der Waals surface area contributed by atoms with E-state index < -0.39 is 32.7 Å². The molecule has 3 N–H and O–H groups in total. The highest BCUT2D eigenvalue weighted by atomic mass is 32.2. The molecule has 1 aliphatic heterocycles. The Labute approximate surface area is 148 Å². The number of nitrogens with one attached hydrogen (secondary N) is 1. The summed E-state index contributed by atoms with van der Waals surface area (Å²) in [6.07, 6.45) is 0. The van der Waals surface area contributed by atoms with E-state index in [0.29, 0.717) is 5.01 Å². The van der Waals surface area contributed by atoms with Gasteiger partial charge in [0.15, 0.2) is 5.84 Å². The Morgan fingerprint density at radius 2 is 1.58 bits per heavy atom. The fourth-order valence-electron chi connectivity index (χ4n) is 2.31. The minimum atomic E-state index is -5.35. The molecular weight excluding hydrogens is 362 g/mol. The third-order valence-electron chi connectivity index (χ3n) is 3.65. The van der Waals surface area contributed by atoms with Crippen LogP contribution in [0, 0.1) is 0 Å². The van der Waals surface area contributed by atoms with Crippen LogP contribution in [0.2, 0.25) is 0 Å². The number of hydrazone groups is 1. The van der Waals surface area contributed by atoms with Gasteiger partial charge in [-0.1, -0.05) is 36.4 Å². The van der Waals surface area contributed by atoms with Crippen molar-refractivity contribution in [3.05, 3.63) is 66.2 Å². The molecule has 1 aliphatic rings. The number of hydrogen-bond acceptors (Lipinski definition) is 6. The first-order valence-corrected chi connectivity index (χ1v) is 8.73. The van der Waals surface area contributed by atoms with Gasteiger partial charge in [0.25, 0.3) is 5.91 Å². The SMILES string of the molecule is O=C(NC1=NN(c2ccccc2)C(=O)[C@@]1(O)S(=O)(=O)O)c1ccccc1. The summed E-state index contributed by atoms with van der Waals surface area (Å²) in [6, 6.07) is 15.3. The van der Waals surface area contributed by atoms with Crippen LogP contribution in [0.4, 0.5) is 5.69 Å². The zero-order valence-electron chi connectivity index (χ0n) is 13.1. The monoisotopic (exact) mass is 375 g/mol. The lowest BCUT2D eigenvalue weighted by Gasteiger charge is -2.19. The van der Waals surface area contributed by atoms with Crippen molar-refractivity contribution in [3.63, 3.8) is 0 Å². The van der Waals surface area contributed by atoms with Crippen molar-refractivity contribution in [3.8, 4) is 0 Å². The summed E-state index contributed by atoms with van der Waals surface area (Å²) in [4.78, 5) is 21.3. The van der Waals surface area contributed by atoms with Crippen molar-refractivity contribution in [2.45, 2.75) is 4.93 Å². The van der Waals surface area contributed by atoms with Gasteiger partial charge in [-0.25, -0.2) is 0 Å². The van der Waals surface area contributed by atoms with Crippen molar-refractivity contribution in [2.24, 2.45) is 5.10 Å². The van der Waals surface area contributed by atoms with Crippen molar-refractivity contribution in [1.29, 1.82) is 0 Å². The van der Waals surface area contributed by atoms with Crippen LogP contribution in [-0.4, -0.2) is 40.7 Å². The second kappa shape index (κ2) is 6.33. The molecule has 0 spiro atoms. The number of aliphatic hydroxyl groups is 1. The van der Waals surface area contributed by atoms with Crippen LogP contribution in [0.15, 0.2) is 65.8 Å². The maximum atomic E-state index is 12.5. The molecule has 0 aromatic heterocycles. The summed E-state index contributed by atoms with van der Waals surface area (Å²) in [5, 5.41) is 16.8. The Kier molecular flexibility index (Phi) is 4.32. The molecule has 2 amide bonds. The first kappa shape index (κ1) is 17.7. The number of amidine groups is 1. The third kappa shape index (κ3) is 2.86. The van der Waals surface area contributed by atoms with Crippen LogP contribution < -0.4 is 10.3 Å². The molecule has 0 unspecified atom stereocenters. The third-order valence-corrected chi connectivity index (χ3v) is 4.76. The number of rotatable bonds is 3. The lowest BCUT2D eigenvalue weighted by atomic mass is 10.2. The predicted molar refractivity (Wildman–Crippen MR) is 91.8 cm³/mol. The fraction of sp³-hybridized carbons (Fsp3) is 0.0625. The highest BCUT2D eigenvalue weighted by molar-refractivity contribution is 7.88. The Hall–Kier alpha value is -3.08. The van der Waals surface area contributed by atoms with Crippen LogP contribution in [0.25, 0.3) is 0 Å². The molecule has 1 heterocycles. The molecule has 3 rings (SSSR count). The zero-order valence-corrected chi connectivity index (χ0v) is 13.9. The second-order valence-electron chi connectivity index (χ2n) is 5.34. The van der Waals surface area contributed by atoms with Crippen molar-refractivity contribution in [1.82, 2.24) is 5.32 Å². The molecule has 0 saturated carbocycles. The Bertz CT molecular complexity index is 991. The van der Waals surface area contributed by atoms with Crippen LogP contribution in [0.3, 0.4) is 0 Å². The summed E-state index contributed by atoms with van der Waals surface area (Å²) in [5.74, 6) is -3.16. The van der Waals surface area contributed by atoms with Gasteiger partial charge in [0.05, 0.1) is 5.69 Å². The largest absolute Gasteiger partial charge is 0.359 e. The molecule has 0 radical (unpaired) electrons. The summed E-state index contributed by atoms with van der Waals surface area (Å²) >= 11 is 0. The van der Waals surface area contributed by atoms with Crippen molar-refractivity contribution >= 4 is 33.5 Å². The second-order valence-corrected chi connectivity index (χ2v) is 6.88. The zero-order chi connectivity index (χ0) is 18.9. The summed E-state index contributed by atoms with van der Waals surface area (Å²) < 4.78 is 32.8. The highest BCUT2D eigenvalue weighted by Crippen LogP contribution is 2.29. The van der Waals surface area contributed by atoms with E-state index in [-0.39, 0.29) is 11.3 Å². The summed E-state index contributed by atoms with van der Waals surface area (Å²) in [6.45, 7) is 0. The van der Waals surface area contributed by atoms with E-state index in [1.54, 1.807) is 36.4 Å². The average Bonchev–Trinajstić information content (AvgIpc) is 2.89. The molecular formula is C16H13N3O6S. The van der Waals surface area contributed by atoms with Gasteiger partial charge >= 0.3 is 21.0 Å². The number of hydrogen-bond donors (Lipinski definition) is 3. The number of nitrogens with zero attached hydrogens (tertiary/aromatic N) is 2. The summed E-state index contributed by atoms with van der Waals surface area (Å²) in [7, 11) is -5.35. The Morgan fingerprint density at radius 3 is 2.12 bits per heavy atom. The first-order valence-electron chi connectivity index (χ1n) is 7.29. The summed E-state index contributed by atoms with van der Waals surface area (Å²) in [5.41, 5.74) is 0.280. The normalized spacial score (nSPS) is 20.0. The van der Waals surface area contributed by atoms with E-state index in [9.17, 15) is 27.7 Å². The fourth-order valence-corrected chi connectivity index (χ4v) is 2.96. The molecule has 2 aromatic carbocycles.